The van der Waals surface area contributed by atoms with Gasteiger partial charge in [-0.2, -0.15) is 0 Å². The Morgan fingerprint density at radius 3 is 2.70 bits per heavy atom. The fourth-order valence-electron chi connectivity index (χ4n) is 2.55. The van der Waals surface area contributed by atoms with Gasteiger partial charge in [0.2, 0.25) is 0 Å². The quantitative estimate of drug-likeness (QED) is 0.643. The Morgan fingerprint density at radius 1 is 1.39 bits per heavy atom. The summed E-state index contributed by atoms with van der Waals surface area (Å²) in [6.45, 7) is 8.37. The van der Waals surface area contributed by atoms with Crippen LogP contribution in [0.1, 0.15) is 31.1 Å². The van der Waals surface area contributed by atoms with Crippen LogP contribution in [0.3, 0.4) is 0 Å². The molecule has 0 saturated heterocycles. The molecule has 5 nitrogen and oxygen atoms in total. The fourth-order valence-corrected chi connectivity index (χ4v) is 2.55. The van der Waals surface area contributed by atoms with Gasteiger partial charge in [0, 0.05) is 25.2 Å². The number of hydrogen-bond donors (Lipinski definition) is 2. The fraction of sp³-hybridized carbons (Fsp3) is 0.611. The van der Waals surface area contributed by atoms with Crippen LogP contribution in [-0.2, 0) is 0 Å². The standard InChI is InChI=1S/C18H30N2O3/c1-14(21)15-7-6-8-17(9-15)23-11-16(22)10-19-12-18(2,3)13-20(4)5/h6-9,16,19,22H,10-13H2,1-5H3/t16-/m1/s1. The van der Waals surface area contributed by atoms with E-state index in [0.29, 0.717) is 17.9 Å². The summed E-state index contributed by atoms with van der Waals surface area (Å²) in [5.74, 6) is 0.602. The predicted octanol–water partition coefficient (Wildman–Crippen LogP) is 1.81. The van der Waals surface area contributed by atoms with Gasteiger partial charge in [-0.1, -0.05) is 26.0 Å². The van der Waals surface area contributed by atoms with E-state index in [1.807, 2.05) is 0 Å². The van der Waals surface area contributed by atoms with Crippen molar-refractivity contribution in [2.24, 2.45) is 5.41 Å². The Balaban J connectivity index is 2.33. The van der Waals surface area contributed by atoms with Crippen molar-refractivity contribution in [2.45, 2.75) is 26.9 Å². The van der Waals surface area contributed by atoms with Crippen molar-refractivity contribution in [3.8, 4) is 5.75 Å². The lowest BCUT2D eigenvalue weighted by Crippen LogP contribution is -2.41. The van der Waals surface area contributed by atoms with Crippen LogP contribution >= 0.6 is 0 Å². The van der Waals surface area contributed by atoms with Crippen LogP contribution in [0.4, 0.5) is 0 Å². The molecule has 0 aliphatic carbocycles. The molecule has 23 heavy (non-hydrogen) atoms. The number of benzene rings is 1. The molecule has 1 rings (SSSR count). The third-order valence-electron chi connectivity index (χ3n) is 3.41. The molecular weight excluding hydrogens is 292 g/mol. The zero-order valence-corrected chi connectivity index (χ0v) is 14.9. The number of ether oxygens (including phenoxy) is 1. The summed E-state index contributed by atoms with van der Waals surface area (Å²) >= 11 is 0. The van der Waals surface area contributed by atoms with Crippen molar-refractivity contribution in [3.63, 3.8) is 0 Å². The van der Waals surface area contributed by atoms with Gasteiger partial charge in [-0.05, 0) is 38.6 Å². The van der Waals surface area contributed by atoms with E-state index in [4.69, 9.17) is 4.74 Å². The predicted molar refractivity (Wildman–Crippen MR) is 93.2 cm³/mol. The number of carbonyl (C=O) groups excluding carboxylic acids is 1. The number of aliphatic hydroxyl groups excluding tert-OH is 1. The molecule has 1 aromatic carbocycles. The molecule has 1 aromatic rings. The molecule has 0 unspecified atom stereocenters. The van der Waals surface area contributed by atoms with Crippen molar-refractivity contribution < 1.29 is 14.6 Å². The van der Waals surface area contributed by atoms with Crippen molar-refractivity contribution in [1.29, 1.82) is 0 Å². The second-order valence-electron chi connectivity index (χ2n) is 7.08. The summed E-state index contributed by atoms with van der Waals surface area (Å²) in [7, 11) is 4.11. The van der Waals surface area contributed by atoms with Gasteiger partial charge in [0.25, 0.3) is 0 Å². The molecule has 0 radical (unpaired) electrons. The van der Waals surface area contributed by atoms with Crippen LogP contribution < -0.4 is 10.1 Å². The first-order valence-electron chi connectivity index (χ1n) is 7.97. The van der Waals surface area contributed by atoms with Gasteiger partial charge in [0.1, 0.15) is 18.5 Å². The van der Waals surface area contributed by atoms with Gasteiger partial charge in [-0.25, -0.2) is 0 Å². The first-order valence-corrected chi connectivity index (χ1v) is 7.97. The maximum Gasteiger partial charge on any atom is 0.159 e. The largest absolute Gasteiger partial charge is 0.491 e. The molecule has 0 bridgehead atoms. The minimum atomic E-state index is -0.592. The van der Waals surface area contributed by atoms with Crippen molar-refractivity contribution >= 4 is 5.78 Å². The second-order valence-corrected chi connectivity index (χ2v) is 7.08. The normalized spacial score (nSPS) is 13.2. The number of carbonyl (C=O) groups is 1. The van der Waals surface area contributed by atoms with Crippen LogP contribution in [0.25, 0.3) is 0 Å². The molecule has 0 amide bonds. The number of ketones is 1. The zero-order valence-electron chi connectivity index (χ0n) is 14.9. The summed E-state index contributed by atoms with van der Waals surface area (Å²) in [4.78, 5) is 13.5. The first-order chi connectivity index (χ1) is 10.7. The van der Waals surface area contributed by atoms with Crippen LogP contribution in [-0.4, -0.2) is 62.2 Å². The van der Waals surface area contributed by atoms with Gasteiger partial charge in [0.15, 0.2) is 5.78 Å². The van der Waals surface area contributed by atoms with E-state index >= 15 is 0 Å². The van der Waals surface area contributed by atoms with E-state index < -0.39 is 6.10 Å². The minimum Gasteiger partial charge on any atom is -0.491 e. The number of Topliss-reactive ketones (excluding diaryl/α,β-unsaturated/α-hetero) is 1. The number of nitrogens with one attached hydrogen (secondary N) is 1. The number of hydrogen-bond acceptors (Lipinski definition) is 5. The SMILES string of the molecule is CC(=O)c1cccc(OC[C@H](O)CNCC(C)(C)CN(C)C)c1. The Morgan fingerprint density at radius 2 is 2.09 bits per heavy atom. The summed E-state index contributed by atoms with van der Waals surface area (Å²) in [5, 5.41) is 13.3. The van der Waals surface area contributed by atoms with Crippen molar-refractivity contribution in [1.82, 2.24) is 10.2 Å². The molecule has 130 valence electrons. The molecule has 5 heteroatoms. The molecule has 0 aliphatic heterocycles. The van der Waals surface area contributed by atoms with E-state index in [0.717, 1.165) is 13.1 Å². The topological polar surface area (TPSA) is 61.8 Å². The highest BCUT2D eigenvalue weighted by Crippen LogP contribution is 2.15. The summed E-state index contributed by atoms with van der Waals surface area (Å²) in [6, 6.07) is 7.01. The highest BCUT2D eigenvalue weighted by atomic mass is 16.5. The van der Waals surface area contributed by atoms with E-state index in [9.17, 15) is 9.90 Å². The molecule has 0 fully saturated rings. The van der Waals surface area contributed by atoms with E-state index in [1.54, 1.807) is 24.3 Å². The zero-order chi connectivity index (χ0) is 17.5. The molecular formula is C18H30N2O3. The number of aliphatic hydroxyl groups is 1. The molecule has 0 spiro atoms. The van der Waals surface area contributed by atoms with Gasteiger partial charge in [-0.15, -0.1) is 0 Å². The van der Waals surface area contributed by atoms with E-state index in [2.05, 4.69) is 38.2 Å². The Hall–Kier alpha value is -1.43. The Labute approximate surface area is 139 Å². The van der Waals surface area contributed by atoms with Gasteiger partial charge >= 0.3 is 0 Å². The van der Waals surface area contributed by atoms with Crippen molar-refractivity contribution in [3.05, 3.63) is 29.8 Å². The number of rotatable bonds is 10. The molecule has 1 atom stereocenters. The lowest BCUT2D eigenvalue weighted by Gasteiger charge is -2.29. The second kappa shape index (κ2) is 9.01. The maximum absolute atomic E-state index is 11.3. The molecule has 0 saturated carbocycles. The van der Waals surface area contributed by atoms with E-state index in [-0.39, 0.29) is 17.8 Å². The summed E-state index contributed by atoms with van der Waals surface area (Å²) < 4.78 is 5.56. The first kappa shape index (κ1) is 19.6. The van der Waals surface area contributed by atoms with Crippen LogP contribution in [0.5, 0.6) is 5.75 Å². The number of nitrogens with zero attached hydrogens (tertiary/aromatic N) is 1. The molecule has 0 heterocycles. The highest BCUT2D eigenvalue weighted by molar-refractivity contribution is 5.94. The smallest absolute Gasteiger partial charge is 0.159 e. The molecule has 0 aromatic heterocycles. The highest BCUT2D eigenvalue weighted by Gasteiger charge is 2.18. The van der Waals surface area contributed by atoms with Crippen LogP contribution in [0.2, 0.25) is 0 Å². The maximum atomic E-state index is 11.3. The summed E-state index contributed by atoms with van der Waals surface area (Å²) in [6.07, 6.45) is -0.592. The van der Waals surface area contributed by atoms with Gasteiger partial charge < -0.3 is 20.1 Å². The lowest BCUT2D eigenvalue weighted by atomic mass is 9.93. The summed E-state index contributed by atoms with van der Waals surface area (Å²) in [5.41, 5.74) is 0.750. The van der Waals surface area contributed by atoms with Gasteiger partial charge in [0.05, 0.1) is 0 Å². The van der Waals surface area contributed by atoms with E-state index in [1.165, 1.54) is 6.92 Å². The lowest BCUT2D eigenvalue weighted by molar-refractivity contribution is 0.100. The van der Waals surface area contributed by atoms with Crippen molar-refractivity contribution in [2.75, 3.05) is 40.3 Å². The third-order valence-corrected chi connectivity index (χ3v) is 3.41. The average Bonchev–Trinajstić information content (AvgIpc) is 2.43. The minimum absolute atomic E-state index is 0.000730. The molecule has 0 aliphatic rings. The van der Waals surface area contributed by atoms with Crippen LogP contribution in [0, 0.1) is 5.41 Å². The Bertz CT molecular complexity index is 501. The average molecular weight is 322 g/mol. The third kappa shape index (κ3) is 8.11. The monoisotopic (exact) mass is 322 g/mol. The van der Waals surface area contributed by atoms with Gasteiger partial charge in [-0.3, -0.25) is 4.79 Å². The molecule has 2 N–H and O–H groups in total. The van der Waals surface area contributed by atoms with Crippen LogP contribution in [0.15, 0.2) is 24.3 Å². The Kier molecular flexibility index (Phi) is 7.68.